The van der Waals surface area contributed by atoms with Gasteiger partial charge in [0.05, 0.1) is 13.2 Å². The highest BCUT2D eigenvalue weighted by Crippen LogP contribution is 2.24. The molecule has 1 amide bonds. The molecule has 0 spiro atoms. The largest absolute Gasteiger partial charge is 0.496 e. The molecule has 0 radical (unpaired) electrons. The van der Waals surface area contributed by atoms with Crippen molar-refractivity contribution in [3.63, 3.8) is 0 Å². The molecule has 0 bridgehead atoms. The Morgan fingerprint density at radius 1 is 1.37 bits per heavy atom. The SMILES string of the molecule is COc1ccccc1[C@H](C)NC(=O)CCCC(C)N. The van der Waals surface area contributed by atoms with E-state index < -0.39 is 0 Å². The maximum absolute atomic E-state index is 11.8. The summed E-state index contributed by atoms with van der Waals surface area (Å²) in [4.78, 5) is 11.8. The molecule has 0 saturated heterocycles. The van der Waals surface area contributed by atoms with Crippen LogP contribution in [0.25, 0.3) is 0 Å². The summed E-state index contributed by atoms with van der Waals surface area (Å²) in [6.45, 7) is 3.91. The lowest BCUT2D eigenvalue weighted by atomic mass is 10.1. The summed E-state index contributed by atoms with van der Waals surface area (Å²) < 4.78 is 5.29. The first-order valence-electron chi connectivity index (χ1n) is 6.72. The number of rotatable bonds is 7. The summed E-state index contributed by atoms with van der Waals surface area (Å²) >= 11 is 0. The number of nitrogens with two attached hydrogens (primary N) is 1. The highest BCUT2D eigenvalue weighted by molar-refractivity contribution is 5.76. The Morgan fingerprint density at radius 2 is 2.05 bits per heavy atom. The second-order valence-corrected chi connectivity index (χ2v) is 4.90. The Bertz CT molecular complexity index is 405. The first kappa shape index (κ1) is 15.5. The summed E-state index contributed by atoms with van der Waals surface area (Å²) in [6.07, 6.45) is 2.21. The van der Waals surface area contributed by atoms with Gasteiger partial charge in [0.15, 0.2) is 0 Å². The number of carbonyl (C=O) groups is 1. The van der Waals surface area contributed by atoms with E-state index in [0.29, 0.717) is 6.42 Å². The lowest BCUT2D eigenvalue weighted by Crippen LogP contribution is -2.27. The minimum Gasteiger partial charge on any atom is -0.496 e. The van der Waals surface area contributed by atoms with Crippen LogP contribution < -0.4 is 15.8 Å². The van der Waals surface area contributed by atoms with E-state index in [4.69, 9.17) is 10.5 Å². The third-order valence-electron chi connectivity index (χ3n) is 3.05. The van der Waals surface area contributed by atoms with Crippen LogP contribution in [0, 0.1) is 0 Å². The first-order chi connectivity index (χ1) is 9.04. The van der Waals surface area contributed by atoms with Gasteiger partial charge < -0.3 is 15.8 Å². The van der Waals surface area contributed by atoms with Crippen LogP contribution in [-0.2, 0) is 4.79 Å². The smallest absolute Gasteiger partial charge is 0.220 e. The predicted octanol–water partition coefficient (Wildman–Crippen LogP) is 2.39. The number of para-hydroxylation sites is 1. The van der Waals surface area contributed by atoms with Crippen molar-refractivity contribution in [2.75, 3.05) is 7.11 Å². The monoisotopic (exact) mass is 264 g/mol. The first-order valence-corrected chi connectivity index (χ1v) is 6.72. The quantitative estimate of drug-likeness (QED) is 0.794. The number of hydrogen-bond donors (Lipinski definition) is 2. The van der Waals surface area contributed by atoms with E-state index in [1.807, 2.05) is 38.1 Å². The summed E-state index contributed by atoms with van der Waals surface area (Å²) in [5.41, 5.74) is 6.65. The molecule has 4 heteroatoms. The second-order valence-electron chi connectivity index (χ2n) is 4.90. The van der Waals surface area contributed by atoms with Crippen molar-refractivity contribution in [2.24, 2.45) is 5.73 Å². The Morgan fingerprint density at radius 3 is 2.68 bits per heavy atom. The molecule has 0 aromatic heterocycles. The average Bonchev–Trinajstić information content (AvgIpc) is 2.38. The molecule has 1 unspecified atom stereocenters. The van der Waals surface area contributed by atoms with Crippen LogP contribution in [0.3, 0.4) is 0 Å². The van der Waals surface area contributed by atoms with Crippen molar-refractivity contribution in [3.05, 3.63) is 29.8 Å². The fourth-order valence-electron chi connectivity index (χ4n) is 2.00. The molecule has 1 aromatic rings. The topological polar surface area (TPSA) is 64.3 Å². The van der Waals surface area contributed by atoms with Crippen LogP contribution in [0.1, 0.15) is 44.7 Å². The van der Waals surface area contributed by atoms with Gasteiger partial charge in [-0.05, 0) is 32.8 Å². The van der Waals surface area contributed by atoms with Crippen molar-refractivity contribution < 1.29 is 9.53 Å². The van der Waals surface area contributed by atoms with Crippen molar-refractivity contribution in [1.82, 2.24) is 5.32 Å². The summed E-state index contributed by atoms with van der Waals surface area (Å²) in [5, 5.41) is 2.98. The number of methoxy groups -OCH3 is 1. The fraction of sp³-hybridized carbons (Fsp3) is 0.533. The van der Waals surface area contributed by atoms with Crippen LogP contribution in [0.5, 0.6) is 5.75 Å². The fourth-order valence-corrected chi connectivity index (χ4v) is 2.00. The highest BCUT2D eigenvalue weighted by atomic mass is 16.5. The molecule has 1 rings (SSSR count). The molecule has 0 heterocycles. The van der Waals surface area contributed by atoms with Crippen LogP contribution in [0.15, 0.2) is 24.3 Å². The van der Waals surface area contributed by atoms with Gasteiger partial charge in [0.25, 0.3) is 0 Å². The zero-order chi connectivity index (χ0) is 14.3. The lowest BCUT2D eigenvalue weighted by molar-refractivity contribution is -0.121. The molecule has 3 N–H and O–H groups in total. The highest BCUT2D eigenvalue weighted by Gasteiger charge is 2.13. The Labute approximate surface area is 115 Å². The Balaban J connectivity index is 2.49. The van der Waals surface area contributed by atoms with E-state index >= 15 is 0 Å². The summed E-state index contributed by atoms with van der Waals surface area (Å²) in [5.74, 6) is 0.852. The predicted molar refractivity (Wildman–Crippen MR) is 77.1 cm³/mol. The van der Waals surface area contributed by atoms with Gasteiger partial charge >= 0.3 is 0 Å². The van der Waals surface area contributed by atoms with E-state index in [9.17, 15) is 4.79 Å². The average molecular weight is 264 g/mol. The molecule has 0 aliphatic heterocycles. The maximum Gasteiger partial charge on any atom is 0.220 e. The van der Waals surface area contributed by atoms with Gasteiger partial charge in [0.1, 0.15) is 5.75 Å². The van der Waals surface area contributed by atoms with Crippen molar-refractivity contribution in [1.29, 1.82) is 0 Å². The van der Waals surface area contributed by atoms with Gasteiger partial charge in [-0.1, -0.05) is 18.2 Å². The molecule has 1 aromatic carbocycles. The van der Waals surface area contributed by atoms with Gasteiger partial charge in [-0.2, -0.15) is 0 Å². The molecular weight excluding hydrogens is 240 g/mol. The van der Waals surface area contributed by atoms with Gasteiger partial charge in [-0.25, -0.2) is 0 Å². The van der Waals surface area contributed by atoms with E-state index in [1.165, 1.54) is 0 Å². The summed E-state index contributed by atoms with van der Waals surface area (Å²) in [7, 11) is 1.63. The number of amides is 1. The van der Waals surface area contributed by atoms with Gasteiger partial charge in [0, 0.05) is 18.0 Å². The minimum absolute atomic E-state index is 0.0547. The molecular formula is C15H24N2O2. The Kier molecular flexibility index (Phi) is 6.36. The molecule has 4 nitrogen and oxygen atoms in total. The number of hydrogen-bond acceptors (Lipinski definition) is 3. The number of ether oxygens (including phenoxy) is 1. The standard InChI is InChI=1S/C15H24N2O2/c1-11(16)7-6-10-15(18)17-12(2)13-8-4-5-9-14(13)19-3/h4-5,8-9,11-12H,6-7,10,16H2,1-3H3,(H,17,18)/t11?,12-/m0/s1. The maximum atomic E-state index is 11.8. The molecule has 0 saturated carbocycles. The van der Waals surface area contributed by atoms with E-state index in [-0.39, 0.29) is 18.0 Å². The summed E-state index contributed by atoms with van der Waals surface area (Å²) in [6, 6.07) is 7.81. The van der Waals surface area contributed by atoms with E-state index in [0.717, 1.165) is 24.2 Å². The minimum atomic E-state index is -0.0565. The number of benzene rings is 1. The Hall–Kier alpha value is -1.55. The molecule has 19 heavy (non-hydrogen) atoms. The molecule has 0 aliphatic rings. The van der Waals surface area contributed by atoms with Gasteiger partial charge in [0.2, 0.25) is 5.91 Å². The third kappa shape index (κ3) is 5.30. The molecule has 2 atom stereocenters. The normalized spacial score (nSPS) is 13.7. The van der Waals surface area contributed by atoms with Crippen molar-refractivity contribution >= 4 is 5.91 Å². The zero-order valence-corrected chi connectivity index (χ0v) is 12.0. The van der Waals surface area contributed by atoms with Crippen LogP contribution >= 0.6 is 0 Å². The third-order valence-corrected chi connectivity index (χ3v) is 3.05. The van der Waals surface area contributed by atoms with Crippen molar-refractivity contribution in [3.8, 4) is 5.75 Å². The lowest BCUT2D eigenvalue weighted by Gasteiger charge is -2.17. The van der Waals surface area contributed by atoms with Crippen LogP contribution in [0.4, 0.5) is 0 Å². The van der Waals surface area contributed by atoms with Crippen LogP contribution in [0.2, 0.25) is 0 Å². The zero-order valence-electron chi connectivity index (χ0n) is 12.0. The van der Waals surface area contributed by atoms with Crippen LogP contribution in [-0.4, -0.2) is 19.1 Å². The second kappa shape index (κ2) is 7.79. The molecule has 0 aliphatic carbocycles. The van der Waals surface area contributed by atoms with E-state index in [1.54, 1.807) is 7.11 Å². The van der Waals surface area contributed by atoms with E-state index in [2.05, 4.69) is 5.32 Å². The number of carbonyl (C=O) groups excluding carboxylic acids is 1. The van der Waals surface area contributed by atoms with Gasteiger partial charge in [-0.15, -0.1) is 0 Å². The molecule has 0 fully saturated rings. The molecule has 106 valence electrons. The van der Waals surface area contributed by atoms with Crippen molar-refractivity contribution in [2.45, 2.75) is 45.2 Å². The van der Waals surface area contributed by atoms with Gasteiger partial charge in [-0.3, -0.25) is 4.79 Å². The number of nitrogens with one attached hydrogen (secondary N) is 1.